The molecule has 0 spiro atoms. The smallest absolute Gasteiger partial charge is 0.0731 e. The lowest BCUT2D eigenvalue weighted by molar-refractivity contribution is -0.180. The van der Waals surface area contributed by atoms with Crippen molar-refractivity contribution in [2.24, 2.45) is 5.41 Å². The van der Waals surface area contributed by atoms with Crippen molar-refractivity contribution in [3.05, 3.63) is 0 Å². The van der Waals surface area contributed by atoms with E-state index in [9.17, 15) is 0 Å². The zero-order valence-corrected chi connectivity index (χ0v) is 10.9. The predicted octanol–water partition coefficient (Wildman–Crippen LogP) is 0.788. The fraction of sp³-hybridized carbons (Fsp3) is 1.00. The van der Waals surface area contributed by atoms with E-state index in [1.54, 1.807) is 7.11 Å². The van der Waals surface area contributed by atoms with Crippen LogP contribution in [0.5, 0.6) is 0 Å². The Morgan fingerprint density at radius 1 is 1.31 bits per heavy atom. The van der Waals surface area contributed by atoms with Crippen LogP contribution < -0.4 is 5.32 Å². The highest BCUT2D eigenvalue weighted by Crippen LogP contribution is 2.51. The van der Waals surface area contributed by atoms with Crippen LogP contribution in [-0.4, -0.2) is 50.2 Å². The maximum Gasteiger partial charge on any atom is 0.0731 e. The summed E-state index contributed by atoms with van der Waals surface area (Å²) in [6.07, 6.45) is 1.04. The third kappa shape index (κ3) is 2.56. The molecule has 4 heteroatoms. The van der Waals surface area contributed by atoms with Crippen LogP contribution in [0.2, 0.25) is 0 Å². The lowest BCUT2D eigenvalue weighted by atomic mass is 9.56. The first kappa shape index (κ1) is 13.9. The van der Waals surface area contributed by atoms with Crippen molar-refractivity contribution in [3.63, 3.8) is 0 Å². The molecule has 0 aromatic carbocycles. The van der Waals surface area contributed by atoms with E-state index in [0.717, 1.165) is 13.0 Å². The van der Waals surface area contributed by atoms with Crippen molar-refractivity contribution >= 4 is 0 Å². The van der Waals surface area contributed by atoms with Gasteiger partial charge < -0.3 is 19.9 Å². The zero-order chi connectivity index (χ0) is 12.2. The van der Waals surface area contributed by atoms with E-state index in [-0.39, 0.29) is 17.6 Å². The zero-order valence-electron chi connectivity index (χ0n) is 10.9. The van der Waals surface area contributed by atoms with Crippen LogP contribution in [0.3, 0.4) is 0 Å². The third-order valence-electron chi connectivity index (χ3n) is 4.15. The third-order valence-corrected chi connectivity index (χ3v) is 4.15. The average molecular weight is 231 g/mol. The van der Waals surface area contributed by atoms with Crippen LogP contribution in [-0.2, 0) is 9.47 Å². The summed E-state index contributed by atoms with van der Waals surface area (Å²) in [6.45, 7) is 8.61. The van der Waals surface area contributed by atoms with Crippen LogP contribution in [0.15, 0.2) is 0 Å². The molecular formula is C12H25NO3. The molecule has 96 valence electrons. The Kier molecular flexibility index (Phi) is 4.73. The minimum Gasteiger partial charge on any atom is -0.394 e. The standard InChI is InChI=1S/C12H25NO3/c1-11(2)10(9-12(11,3)15-4)13-5-7-16-8-6-14/h10,13-14H,5-9H2,1-4H3. The summed E-state index contributed by atoms with van der Waals surface area (Å²) in [6, 6.07) is 0.482. The van der Waals surface area contributed by atoms with Crippen molar-refractivity contribution < 1.29 is 14.6 Å². The van der Waals surface area contributed by atoms with Crippen LogP contribution in [0, 0.1) is 5.41 Å². The number of methoxy groups -OCH3 is 1. The van der Waals surface area contributed by atoms with Gasteiger partial charge in [-0.05, 0) is 13.3 Å². The van der Waals surface area contributed by atoms with Crippen LogP contribution in [0.4, 0.5) is 0 Å². The minimum absolute atomic E-state index is 0.0172. The van der Waals surface area contributed by atoms with Gasteiger partial charge in [-0.25, -0.2) is 0 Å². The van der Waals surface area contributed by atoms with Crippen molar-refractivity contribution in [2.45, 2.75) is 38.8 Å². The number of aliphatic hydroxyl groups excluding tert-OH is 1. The Hall–Kier alpha value is -0.160. The fourth-order valence-corrected chi connectivity index (χ4v) is 2.29. The van der Waals surface area contributed by atoms with Crippen molar-refractivity contribution in [2.75, 3.05) is 33.5 Å². The van der Waals surface area contributed by atoms with E-state index in [4.69, 9.17) is 14.6 Å². The first-order chi connectivity index (χ1) is 7.48. The summed E-state index contributed by atoms with van der Waals surface area (Å²) in [5, 5.41) is 12.0. The average Bonchev–Trinajstić information content (AvgIpc) is 2.26. The second-order valence-corrected chi connectivity index (χ2v) is 5.20. The molecule has 1 saturated carbocycles. The molecule has 1 fully saturated rings. The van der Waals surface area contributed by atoms with Gasteiger partial charge >= 0.3 is 0 Å². The van der Waals surface area contributed by atoms with Gasteiger partial charge in [0.15, 0.2) is 0 Å². The highest BCUT2D eigenvalue weighted by Gasteiger charge is 2.57. The first-order valence-corrected chi connectivity index (χ1v) is 5.95. The molecule has 0 amide bonds. The van der Waals surface area contributed by atoms with Crippen LogP contribution in [0.1, 0.15) is 27.2 Å². The quantitative estimate of drug-likeness (QED) is 0.636. The molecule has 0 aromatic heterocycles. The van der Waals surface area contributed by atoms with E-state index in [1.807, 2.05) is 0 Å². The van der Waals surface area contributed by atoms with Gasteiger partial charge in [0.25, 0.3) is 0 Å². The van der Waals surface area contributed by atoms with Gasteiger partial charge in [0, 0.05) is 25.1 Å². The second-order valence-electron chi connectivity index (χ2n) is 5.20. The van der Waals surface area contributed by atoms with Crippen LogP contribution >= 0.6 is 0 Å². The Balaban J connectivity index is 2.21. The number of rotatable bonds is 7. The predicted molar refractivity (Wildman–Crippen MR) is 63.5 cm³/mol. The van der Waals surface area contributed by atoms with Crippen molar-refractivity contribution in [1.82, 2.24) is 5.32 Å². The molecule has 16 heavy (non-hydrogen) atoms. The first-order valence-electron chi connectivity index (χ1n) is 5.95. The van der Waals surface area contributed by atoms with E-state index in [1.165, 1.54) is 0 Å². The molecule has 4 nitrogen and oxygen atoms in total. The highest BCUT2D eigenvalue weighted by atomic mass is 16.5. The van der Waals surface area contributed by atoms with Gasteiger partial charge in [-0.1, -0.05) is 13.8 Å². The summed E-state index contributed by atoms with van der Waals surface area (Å²) < 4.78 is 10.8. The number of hydrogen-bond donors (Lipinski definition) is 2. The highest BCUT2D eigenvalue weighted by molar-refractivity contribution is 5.11. The molecule has 0 saturated heterocycles. The Morgan fingerprint density at radius 3 is 2.50 bits per heavy atom. The van der Waals surface area contributed by atoms with Gasteiger partial charge in [-0.3, -0.25) is 0 Å². The molecule has 0 heterocycles. The lowest BCUT2D eigenvalue weighted by Gasteiger charge is -2.59. The van der Waals surface area contributed by atoms with Gasteiger partial charge in [0.1, 0.15) is 0 Å². The number of hydrogen-bond acceptors (Lipinski definition) is 4. The van der Waals surface area contributed by atoms with Crippen LogP contribution in [0.25, 0.3) is 0 Å². The Labute approximate surface area is 98.3 Å². The molecule has 2 atom stereocenters. The molecule has 1 aliphatic carbocycles. The monoisotopic (exact) mass is 231 g/mol. The number of ether oxygens (including phenoxy) is 2. The summed E-state index contributed by atoms with van der Waals surface area (Å²) in [5.41, 5.74) is 0.134. The van der Waals surface area contributed by atoms with Crippen molar-refractivity contribution in [3.8, 4) is 0 Å². The van der Waals surface area contributed by atoms with Crippen molar-refractivity contribution in [1.29, 1.82) is 0 Å². The van der Waals surface area contributed by atoms with Gasteiger partial charge in [0.05, 0.1) is 25.4 Å². The maximum absolute atomic E-state index is 8.55. The van der Waals surface area contributed by atoms with Gasteiger partial charge in [-0.2, -0.15) is 0 Å². The molecule has 1 rings (SSSR count). The Morgan fingerprint density at radius 2 is 2.00 bits per heavy atom. The largest absolute Gasteiger partial charge is 0.394 e. The molecule has 2 N–H and O–H groups in total. The summed E-state index contributed by atoms with van der Waals surface area (Å²) in [5.74, 6) is 0. The van der Waals surface area contributed by atoms with E-state index < -0.39 is 0 Å². The van der Waals surface area contributed by atoms with Gasteiger partial charge in [0.2, 0.25) is 0 Å². The van der Waals surface area contributed by atoms with E-state index >= 15 is 0 Å². The molecule has 0 bridgehead atoms. The molecule has 1 aliphatic rings. The molecule has 2 unspecified atom stereocenters. The number of aliphatic hydroxyl groups is 1. The fourth-order valence-electron chi connectivity index (χ4n) is 2.29. The second kappa shape index (κ2) is 5.45. The maximum atomic E-state index is 8.55. The van der Waals surface area contributed by atoms with E-state index in [0.29, 0.717) is 19.3 Å². The molecule has 0 radical (unpaired) electrons. The summed E-state index contributed by atoms with van der Waals surface area (Å²) in [7, 11) is 1.78. The summed E-state index contributed by atoms with van der Waals surface area (Å²) >= 11 is 0. The molecule has 0 aliphatic heterocycles. The lowest BCUT2D eigenvalue weighted by Crippen LogP contribution is -2.68. The SMILES string of the molecule is COC1(C)CC(NCCOCCO)C1(C)C. The van der Waals surface area contributed by atoms with Gasteiger partial charge in [-0.15, -0.1) is 0 Å². The summed E-state index contributed by atoms with van der Waals surface area (Å²) in [4.78, 5) is 0. The number of nitrogens with one attached hydrogen (secondary N) is 1. The normalized spacial score (nSPS) is 32.4. The molecular weight excluding hydrogens is 206 g/mol. The topological polar surface area (TPSA) is 50.7 Å². The molecule has 0 aromatic rings. The Bertz CT molecular complexity index is 220. The minimum atomic E-state index is -0.0172. The van der Waals surface area contributed by atoms with E-state index in [2.05, 4.69) is 26.1 Å².